The van der Waals surface area contributed by atoms with Crippen LogP contribution in [0.4, 0.5) is 5.69 Å². The number of H-pyrrole nitrogens is 1. The number of aliphatic hydroxyl groups is 1. The van der Waals surface area contributed by atoms with Gasteiger partial charge < -0.3 is 30.2 Å². The van der Waals surface area contributed by atoms with E-state index in [4.69, 9.17) is 9.84 Å². The van der Waals surface area contributed by atoms with Crippen LogP contribution in [0.5, 0.6) is 11.6 Å². The van der Waals surface area contributed by atoms with Crippen LogP contribution >= 0.6 is 0 Å². The molecule has 2 aromatic heterocycles. The Morgan fingerprint density at radius 2 is 1.66 bits per heavy atom. The molecule has 3 heterocycles. The molecule has 1 saturated heterocycles. The molecular weight excluding hydrogens is 556 g/mol. The second kappa shape index (κ2) is 13.3. The molecule has 1 fully saturated rings. The van der Waals surface area contributed by atoms with Gasteiger partial charge in [0.25, 0.3) is 5.91 Å². The molecule has 0 bridgehead atoms. The summed E-state index contributed by atoms with van der Waals surface area (Å²) in [5.41, 5.74) is 5.59. The van der Waals surface area contributed by atoms with Crippen LogP contribution in [0.2, 0.25) is 0 Å². The van der Waals surface area contributed by atoms with Crippen LogP contribution in [0.15, 0.2) is 79.0 Å². The molecule has 0 saturated carbocycles. The number of carbonyl (C=O) groups is 1. The molecule has 1 amide bonds. The number of aromatic nitrogens is 3. The molecule has 10 nitrogen and oxygen atoms in total. The Kier molecular flexibility index (Phi) is 8.83. The normalized spacial score (nSPS) is 14.1. The lowest BCUT2D eigenvalue weighted by molar-refractivity contribution is 0.102. The number of hydrogen-bond donors (Lipinski definition) is 4. The second-order valence-electron chi connectivity index (χ2n) is 10.9. The van der Waals surface area contributed by atoms with Gasteiger partial charge in [-0.25, -0.2) is 9.97 Å². The first-order chi connectivity index (χ1) is 21.5. The number of phenolic OH excluding ortho intramolecular Hbond substituents is 1. The van der Waals surface area contributed by atoms with Crippen LogP contribution in [0.1, 0.15) is 15.9 Å². The molecular formula is C34H36N6O4. The topological polar surface area (TPSA) is 127 Å². The van der Waals surface area contributed by atoms with E-state index in [1.54, 1.807) is 49.7 Å². The van der Waals surface area contributed by atoms with Crippen LogP contribution in [-0.4, -0.2) is 93.9 Å². The third-order valence-corrected chi connectivity index (χ3v) is 8.10. The van der Waals surface area contributed by atoms with E-state index in [0.717, 1.165) is 51.4 Å². The number of phenols is 1. The van der Waals surface area contributed by atoms with E-state index in [1.165, 1.54) is 5.56 Å². The summed E-state index contributed by atoms with van der Waals surface area (Å²) < 4.78 is 5.38. The van der Waals surface area contributed by atoms with Gasteiger partial charge in [0, 0.05) is 67.8 Å². The maximum atomic E-state index is 13.1. The van der Waals surface area contributed by atoms with Crippen molar-refractivity contribution in [3.05, 3.63) is 90.1 Å². The number of rotatable bonds is 10. The Morgan fingerprint density at radius 1 is 0.932 bits per heavy atom. The van der Waals surface area contributed by atoms with Crippen molar-refractivity contribution in [3.63, 3.8) is 0 Å². The summed E-state index contributed by atoms with van der Waals surface area (Å²) in [7, 11) is 1.54. The lowest BCUT2D eigenvalue weighted by Crippen LogP contribution is -2.47. The summed E-state index contributed by atoms with van der Waals surface area (Å²) in [5, 5.41) is 23.3. The third kappa shape index (κ3) is 6.42. The summed E-state index contributed by atoms with van der Waals surface area (Å²) in [6.45, 7) is 5.98. The summed E-state index contributed by atoms with van der Waals surface area (Å²) >= 11 is 0. The molecule has 0 unspecified atom stereocenters. The Bertz CT molecular complexity index is 1750. The molecule has 1 aliphatic heterocycles. The zero-order valence-electron chi connectivity index (χ0n) is 24.7. The van der Waals surface area contributed by atoms with Gasteiger partial charge >= 0.3 is 0 Å². The molecule has 5 aromatic rings. The number of aromatic hydroxyl groups is 1. The first kappa shape index (κ1) is 29.3. The van der Waals surface area contributed by atoms with Gasteiger partial charge in [-0.15, -0.1) is 0 Å². The van der Waals surface area contributed by atoms with E-state index >= 15 is 0 Å². The maximum absolute atomic E-state index is 13.1. The average Bonchev–Trinajstić information content (AvgIpc) is 3.49. The minimum Gasteiger partial charge on any atom is -0.507 e. The van der Waals surface area contributed by atoms with E-state index in [9.17, 15) is 9.90 Å². The first-order valence-corrected chi connectivity index (χ1v) is 14.8. The van der Waals surface area contributed by atoms with Gasteiger partial charge in [0.2, 0.25) is 5.88 Å². The Hall–Kier alpha value is -4.77. The Morgan fingerprint density at radius 3 is 2.41 bits per heavy atom. The quantitative estimate of drug-likeness (QED) is 0.188. The van der Waals surface area contributed by atoms with Gasteiger partial charge in [-0.1, -0.05) is 24.3 Å². The molecule has 226 valence electrons. The van der Waals surface area contributed by atoms with E-state index < -0.39 is 0 Å². The van der Waals surface area contributed by atoms with Gasteiger partial charge in [-0.2, -0.15) is 0 Å². The predicted molar refractivity (Wildman–Crippen MR) is 171 cm³/mol. The molecule has 0 spiro atoms. The number of pyridine rings is 1. The van der Waals surface area contributed by atoms with Crippen LogP contribution in [-0.2, 0) is 6.42 Å². The zero-order valence-corrected chi connectivity index (χ0v) is 24.7. The van der Waals surface area contributed by atoms with Gasteiger partial charge in [0.1, 0.15) is 11.6 Å². The number of nitrogens with zero attached hydrogens (tertiary/aromatic N) is 4. The van der Waals surface area contributed by atoms with E-state index in [1.807, 2.05) is 24.3 Å². The Labute approximate surface area is 256 Å². The van der Waals surface area contributed by atoms with E-state index in [2.05, 4.69) is 42.2 Å². The maximum Gasteiger partial charge on any atom is 0.255 e. The number of aliphatic hydroxyl groups excluding tert-OH is 1. The monoisotopic (exact) mass is 592 g/mol. The molecule has 3 aromatic carbocycles. The predicted octanol–water partition coefficient (Wildman–Crippen LogP) is 4.41. The minimum atomic E-state index is -0.218. The minimum absolute atomic E-state index is 0.0555. The fourth-order valence-corrected chi connectivity index (χ4v) is 5.61. The number of methoxy groups -OCH3 is 1. The van der Waals surface area contributed by atoms with Crippen molar-refractivity contribution >= 4 is 22.6 Å². The highest BCUT2D eigenvalue weighted by Gasteiger charge is 2.18. The largest absolute Gasteiger partial charge is 0.507 e. The summed E-state index contributed by atoms with van der Waals surface area (Å²) in [6.07, 6.45) is 2.58. The fraction of sp³-hybridized carbons (Fsp3) is 0.265. The third-order valence-electron chi connectivity index (χ3n) is 8.10. The standard InChI is InChI=1S/C34H36N6O4/c1-44-34-27(6-3-14-35-34)26-4-2-5-28(31(26)42)32-37-29-12-9-24(22-30(29)38-32)33(43)36-25-10-7-23(8-11-25)13-15-39-16-18-40(19-17-39)20-21-41/h2-12,14,22,41-42H,13,15-21H2,1H3,(H,36,43)(H,37,38). The number of piperazine rings is 1. The zero-order chi connectivity index (χ0) is 30.5. The number of carbonyl (C=O) groups excluding carboxylic acids is 1. The molecule has 0 aliphatic carbocycles. The average molecular weight is 593 g/mol. The van der Waals surface area contributed by atoms with Crippen molar-refractivity contribution < 1.29 is 19.7 Å². The van der Waals surface area contributed by atoms with Gasteiger partial charge in [0.15, 0.2) is 0 Å². The van der Waals surface area contributed by atoms with Gasteiger partial charge in [0.05, 0.1) is 30.3 Å². The van der Waals surface area contributed by atoms with Crippen molar-refractivity contribution in [1.82, 2.24) is 24.8 Å². The van der Waals surface area contributed by atoms with Crippen LogP contribution < -0.4 is 10.1 Å². The number of β-amino-alcohol motifs (C(OH)–C–C–N with tert-alkyl or cyclic N) is 1. The number of fused-ring (bicyclic) bond motifs is 1. The van der Waals surface area contributed by atoms with E-state index in [0.29, 0.717) is 45.0 Å². The fourth-order valence-electron chi connectivity index (χ4n) is 5.61. The van der Waals surface area contributed by atoms with Crippen molar-refractivity contribution in [2.45, 2.75) is 6.42 Å². The van der Waals surface area contributed by atoms with Crippen LogP contribution in [0.3, 0.4) is 0 Å². The van der Waals surface area contributed by atoms with Crippen molar-refractivity contribution in [1.29, 1.82) is 0 Å². The van der Waals surface area contributed by atoms with Crippen molar-refractivity contribution in [2.24, 2.45) is 0 Å². The van der Waals surface area contributed by atoms with Crippen molar-refractivity contribution in [2.75, 3.05) is 58.3 Å². The molecule has 4 N–H and O–H groups in total. The number of imidazole rings is 1. The second-order valence-corrected chi connectivity index (χ2v) is 10.9. The molecule has 10 heteroatoms. The van der Waals surface area contributed by atoms with E-state index in [-0.39, 0.29) is 18.3 Å². The molecule has 0 atom stereocenters. The molecule has 6 rings (SSSR count). The number of para-hydroxylation sites is 1. The smallest absolute Gasteiger partial charge is 0.255 e. The lowest BCUT2D eigenvalue weighted by atomic mass is 10.0. The highest BCUT2D eigenvalue weighted by Crippen LogP contribution is 2.40. The Balaban J connectivity index is 1.11. The highest BCUT2D eigenvalue weighted by molar-refractivity contribution is 6.06. The molecule has 0 radical (unpaired) electrons. The van der Waals surface area contributed by atoms with Crippen LogP contribution in [0, 0.1) is 0 Å². The SMILES string of the molecule is COc1ncccc1-c1cccc(-c2nc3ccc(C(=O)Nc4ccc(CCN5CCN(CCO)CC5)cc4)cc3[nH]2)c1O. The number of hydrogen-bond acceptors (Lipinski definition) is 8. The summed E-state index contributed by atoms with van der Waals surface area (Å²) in [5.74, 6) is 0.742. The number of nitrogens with one attached hydrogen (secondary N) is 2. The number of aromatic amines is 1. The number of amides is 1. The number of benzene rings is 3. The highest BCUT2D eigenvalue weighted by atomic mass is 16.5. The summed E-state index contributed by atoms with van der Waals surface area (Å²) in [6, 6.07) is 22.4. The van der Waals surface area contributed by atoms with Crippen LogP contribution in [0.25, 0.3) is 33.5 Å². The molecule has 44 heavy (non-hydrogen) atoms. The van der Waals surface area contributed by atoms with Gasteiger partial charge in [-0.05, 0) is 60.5 Å². The number of ether oxygens (including phenoxy) is 1. The van der Waals surface area contributed by atoms with Gasteiger partial charge in [-0.3, -0.25) is 9.69 Å². The first-order valence-electron chi connectivity index (χ1n) is 14.8. The summed E-state index contributed by atoms with van der Waals surface area (Å²) in [4.78, 5) is 30.0. The van der Waals surface area contributed by atoms with Crippen molar-refractivity contribution in [3.8, 4) is 34.1 Å². The number of anilines is 1. The lowest BCUT2D eigenvalue weighted by Gasteiger charge is -2.34. The molecule has 1 aliphatic rings.